The van der Waals surface area contributed by atoms with Crippen molar-refractivity contribution in [3.05, 3.63) is 0 Å². The van der Waals surface area contributed by atoms with Crippen LogP contribution in [0.5, 0.6) is 0 Å². The molecule has 0 heterocycles. The van der Waals surface area contributed by atoms with E-state index in [4.69, 9.17) is 0 Å². The summed E-state index contributed by atoms with van der Waals surface area (Å²) in [6.45, 7) is 8.78. The molecule has 0 aliphatic carbocycles. The van der Waals surface area contributed by atoms with Gasteiger partial charge in [0.1, 0.15) is 0 Å². The van der Waals surface area contributed by atoms with Crippen molar-refractivity contribution < 1.29 is 5.11 Å². The molecule has 0 rings (SSSR count). The van der Waals surface area contributed by atoms with Crippen molar-refractivity contribution in [1.82, 2.24) is 5.32 Å². The lowest BCUT2D eigenvalue weighted by molar-refractivity contribution is 0.183. The third-order valence-electron chi connectivity index (χ3n) is 2.30. The standard InChI is InChI=1S/C12H27NOS/c1-5-6-7-8-15-10-12(4,9-14)13-11(2)3/h11,13-14H,5-10H2,1-4H3. The van der Waals surface area contributed by atoms with Crippen LogP contribution in [0.4, 0.5) is 0 Å². The van der Waals surface area contributed by atoms with Gasteiger partial charge in [-0.25, -0.2) is 0 Å². The fourth-order valence-electron chi connectivity index (χ4n) is 1.58. The molecule has 0 amide bonds. The largest absolute Gasteiger partial charge is 0.394 e. The van der Waals surface area contributed by atoms with Crippen LogP contribution in [0.3, 0.4) is 0 Å². The molecule has 15 heavy (non-hydrogen) atoms. The molecule has 0 fully saturated rings. The summed E-state index contributed by atoms with van der Waals surface area (Å²) in [6, 6.07) is 0.429. The Morgan fingerprint density at radius 3 is 2.47 bits per heavy atom. The van der Waals surface area contributed by atoms with Gasteiger partial charge >= 0.3 is 0 Å². The Balaban J connectivity index is 3.68. The van der Waals surface area contributed by atoms with E-state index in [1.54, 1.807) is 0 Å². The first-order chi connectivity index (χ1) is 7.04. The molecule has 0 aliphatic rings. The van der Waals surface area contributed by atoms with Gasteiger partial charge in [0.15, 0.2) is 0 Å². The smallest absolute Gasteiger partial charge is 0.0618 e. The molecular weight excluding hydrogens is 206 g/mol. The van der Waals surface area contributed by atoms with E-state index in [9.17, 15) is 5.11 Å². The molecule has 2 nitrogen and oxygen atoms in total. The lowest BCUT2D eigenvalue weighted by Crippen LogP contribution is -2.51. The second-order valence-electron chi connectivity index (χ2n) is 4.78. The molecule has 0 spiro atoms. The van der Waals surface area contributed by atoms with Gasteiger partial charge in [-0.15, -0.1) is 0 Å². The fraction of sp³-hybridized carbons (Fsp3) is 1.00. The van der Waals surface area contributed by atoms with Crippen molar-refractivity contribution in [2.24, 2.45) is 0 Å². The van der Waals surface area contributed by atoms with Gasteiger partial charge in [-0.05, 0) is 19.1 Å². The molecule has 0 saturated heterocycles. The first-order valence-corrected chi connectivity index (χ1v) is 7.16. The lowest BCUT2D eigenvalue weighted by Gasteiger charge is -2.30. The Morgan fingerprint density at radius 2 is 2.00 bits per heavy atom. The van der Waals surface area contributed by atoms with Crippen LogP contribution >= 0.6 is 11.8 Å². The minimum Gasteiger partial charge on any atom is -0.394 e. The van der Waals surface area contributed by atoms with E-state index in [1.165, 1.54) is 25.0 Å². The van der Waals surface area contributed by atoms with Crippen molar-refractivity contribution in [3.63, 3.8) is 0 Å². The van der Waals surface area contributed by atoms with Crippen molar-refractivity contribution in [3.8, 4) is 0 Å². The van der Waals surface area contributed by atoms with Gasteiger partial charge < -0.3 is 10.4 Å². The number of aliphatic hydroxyl groups excluding tert-OH is 1. The average Bonchev–Trinajstić information content (AvgIpc) is 2.16. The quantitative estimate of drug-likeness (QED) is 0.601. The summed E-state index contributed by atoms with van der Waals surface area (Å²) in [5, 5.41) is 12.8. The normalized spacial score (nSPS) is 15.6. The Bertz CT molecular complexity index is 153. The van der Waals surface area contributed by atoms with Crippen LogP contribution in [0.25, 0.3) is 0 Å². The highest BCUT2D eigenvalue weighted by Crippen LogP contribution is 2.15. The fourth-order valence-corrected chi connectivity index (χ4v) is 2.76. The molecule has 1 atom stereocenters. The van der Waals surface area contributed by atoms with Gasteiger partial charge in [0.05, 0.1) is 6.61 Å². The molecule has 0 saturated carbocycles. The van der Waals surface area contributed by atoms with E-state index in [-0.39, 0.29) is 12.1 Å². The van der Waals surface area contributed by atoms with Crippen LogP contribution in [0.2, 0.25) is 0 Å². The highest BCUT2D eigenvalue weighted by atomic mass is 32.2. The van der Waals surface area contributed by atoms with Gasteiger partial charge in [0.2, 0.25) is 0 Å². The molecule has 0 bridgehead atoms. The number of aliphatic hydroxyl groups is 1. The van der Waals surface area contributed by atoms with Crippen LogP contribution in [0, 0.1) is 0 Å². The maximum absolute atomic E-state index is 9.36. The number of nitrogens with one attached hydrogen (secondary N) is 1. The minimum atomic E-state index is -0.120. The van der Waals surface area contributed by atoms with Crippen molar-refractivity contribution in [2.45, 2.75) is 58.5 Å². The molecule has 0 aromatic carbocycles. The minimum absolute atomic E-state index is 0.120. The van der Waals surface area contributed by atoms with Crippen molar-refractivity contribution in [2.75, 3.05) is 18.1 Å². The molecule has 0 aromatic rings. The molecular formula is C12H27NOS. The Hall–Kier alpha value is 0.270. The van der Waals surface area contributed by atoms with Gasteiger partial charge in [-0.1, -0.05) is 33.6 Å². The molecule has 0 radical (unpaired) electrons. The Morgan fingerprint density at radius 1 is 1.33 bits per heavy atom. The van der Waals surface area contributed by atoms with Crippen LogP contribution in [-0.4, -0.2) is 34.8 Å². The van der Waals surface area contributed by atoms with E-state index < -0.39 is 0 Å². The van der Waals surface area contributed by atoms with Gasteiger partial charge in [0.25, 0.3) is 0 Å². The van der Waals surface area contributed by atoms with Gasteiger partial charge in [-0.3, -0.25) is 0 Å². The van der Waals surface area contributed by atoms with Gasteiger partial charge in [-0.2, -0.15) is 11.8 Å². The zero-order chi connectivity index (χ0) is 11.7. The van der Waals surface area contributed by atoms with E-state index >= 15 is 0 Å². The number of unbranched alkanes of at least 4 members (excludes halogenated alkanes) is 2. The maximum atomic E-state index is 9.36. The Labute approximate surface area is 99.2 Å². The number of hydrogen-bond acceptors (Lipinski definition) is 3. The van der Waals surface area contributed by atoms with Crippen molar-refractivity contribution >= 4 is 11.8 Å². The van der Waals surface area contributed by atoms with Crippen LogP contribution in [0.1, 0.15) is 47.0 Å². The SMILES string of the molecule is CCCCCSCC(C)(CO)NC(C)C. The van der Waals surface area contributed by atoms with E-state index in [0.717, 1.165) is 5.75 Å². The van der Waals surface area contributed by atoms with Crippen LogP contribution < -0.4 is 5.32 Å². The van der Waals surface area contributed by atoms with E-state index in [0.29, 0.717) is 6.04 Å². The Kier molecular flexibility index (Phi) is 8.58. The summed E-state index contributed by atoms with van der Waals surface area (Å²) >= 11 is 1.94. The highest BCUT2D eigenvalue weighted by Gasteiger charge is 2.23. The molecule has 2 N–H and O–H groups in total. The topological polar surface area (TPSA) is 32.3 Å². The first kappa shape index (κ1) is 15.3. The predicted octanol–water partition coefficient (Wildman–Crippen LogP) is 2.66. The second-order valence-corrected chi connectivity index (χ2v) is 5.88. The summed E-state index contributed by atoms with van der Waals surface area (Å²) in [4.78, 5) is 0. The van der Waals surface area contributed by atoms with Crippen molar-refractivity contribution in [1.29, 1.82) is 0 Å². The maximum Gasteiger partial charge on any atom is 0.0618 e. The molecule has 1 unspecified atom stereocenters. The summed E-state index contributed by atoms with van der Waals surface area (Å²) in [5.41, 5.74) is -0.120. The summed E-state index contributed by atoms with van der Waals surface area (Å²) in [7, 11) is 0. The average molecular weight is 233 g/mol. The monoisotopic (exact) mass is 233 g/mol. The molecule has 0 aromatic heterocycles. The van der Waals surface area contributed by atoms with Crippen LogP contribution in [-0.2, 0) is 0 Å². The highest BCUT2D eigenvalue weighted by molar-refractivity contribution is 7.99. The molecule has 3 heteroatoms. The number of thioether (sulfide) groups is 1. The van der Waals surface area contributed by atoms with E-state index in [2.05, 4.69) is 33.0 Å². The number of rotatable bonds is 9. The first-order valence-electron chi connectivity index (χ1n) is 6.00. The number of hydrogen-bond donors (Lipinski definition) is 2. The zero-order valence-corrected chi connectivity index (χ0v) is 11.5. The lowest BCUT2D eigenvalue weighted by atomic mass is 10.1. The van der Waals surface area contributed by atoms with Crippen LogP contribution in [0.15, 0.2) is 0 Å². The van der Waals surface area contributed by atoms with E-state index in [1.807, 2.05) is 11.8 Å². The predicted molar refractivity (Wildman–Crippen MR) is 70.6 cm³/mol. The third kappa shape index (κ3) is 8.12. The summed E-state index contributed by atoms with van der Waals surface area (Å²) in [6.07, 6.45) is 3.90. The molecule has 92 valence electrons. The second kappa shape index (κ2) is 8.43. The van der Waals surface area contributed by atoms with Gasteiger partial charge in [0, 0.05) is 17.3 Å². The zero-order valence-electron chi connectivity index (χ0n) is 10.7. The summed E-state index contributed by atoms with van der Waals surface area (Å²) in [5.74, 6) is 2.20. The third-order valence-corrected chi connectivity index (χ3v) is 3.72. The summed E-state index contributed by atoms with van der Waals surface area (Å²) < 4.78 is 0. The molecule has 0 aliphatic heterocycles.